The van der Waals surface area contributed by atoms with Gasteiger partial charge in [-0.05, 0) is 37.9 Å². The maximum Gasteiger partial charge on any atom is 0.293 e. The highest BCUT2D eigenvalue weighted by Gasteiger charge is 2.45. The van der Waals surface area contributed by atoms with E-state index in [1.807, 2.05) is 0 Å². The molecule has 0 radical (unpaired) electrons. The van der Waals surface area contributed by atoms with E-state index in [4.69, 9.17) is 5.73 Å². The van der Waals surface area contributed by atoms with Gasteiger partial charge in [0.25, 0.3) is 17.5 Å². The number of imide groups is 1. The molecule has 3 saturated heterocycles. The van der Waals surface area contributed by atoms with E-state index in [1.165, 1.54) is 11.0 Å². The number of piperidine rings is 3. The lowest BCUT2D eigenvalue weighted by molar-refractivity contribution is -0.383. The van der Waals surface area contributed by atoms with Gasteiger partial charge in [0.05, 0.1) is 16.5 Å². The standard InChI is InChI=1S/C19H18N4O4/c20-17-11-2-1-3-12-16(11)13(8-14(17)23(26)27)19(25)22(18(12)24)15-9-21-6-4-10(15)5-7-21/h1-3,8,10,15H,4-7,9,20H2/t15-/m1/s1. The lowest BCUT2D eigenvalue weighted by atomic mass is 9.81. The zero-order valence-electron chi connectivity index (χ0n) is 14.6. The number of nitrogens with zero attached hydrogens (tertiary/aromatic N) is 3. The van der Waals surface area contributed by atoms with Crippen molar-refractivity contribution in [2.75, 3.05) is 25.4 Å². The lowest BCUT2D eigenvalue weighted by Gasteiger charge is -2.49. The van der Waals surface area contributed by atoms with Crippen LogP contribution in [-0.4, -0.2) is 52.2 Å². The molecule has 0 aliphatic carbocycles. The highest BCUT2D eigenvalue weighted by molar-refractivity contribution is 6.27. The van der Waals surface area contributed by atoms with Gasteiger partial charge in [-0.1, -0.05) is 12.1 Å². The van der Waals surface area contributed by atoms with Crippen molar-refractivity contribution >= 4 is 34.0 Å². The highest BCUT2D eigenvalue weighted by atomic mass is 16.6. The molecule has 4 aliphatic heterocycles. The van der Waals surface area contributed by atoms with Crippen molar-refractivity contribution in [3.63, 3.8) is 0 Å². The summed E-state index contributed by atoms with van der Waals surface area (Å²) in [6.45, 7) is 2.65. The summed E-state index contributed by atoms with van der Waals surface area (Å²) < 4.78 is 0. The largest absolute Gasteiger partial charge is 0.393 e. The number of rotatable bonds is 2. The molecule has 0 spiro atoms. The summed E-state index contributed by atoms with van der Waals surface area (Å²) in [7, 11) is 0. The number of anilines is 1. The molecule has 2 aromatic rings. The van der Waals surface area contributed by atoms with Gasteiger partial charge in [0, 0.05) is 28.9 Å². The molecule has 4 heterocycles. The van der Waals surface area contributed by atoms with E-state index >= 15 is 0 Å². The Kier molecular flexibility index (Phi) is 3.30. The number of nitrogens with two attached hydrogens (primary N) is 1. The molecule has 3 fully saturated rings. The molecule has 138 valence electrons. The van der Waals surface area contributed by atoms with Crippen LogP contribution in [0.1, 0.15) is 33.6 Å². The minimum atomic E-state index is -0.583. The van der Waals surface area contributed by atoms with Gasteiger partial charge in [-0.15, -0.1) is 0 Å². The van der Waals surface area contributed by atoms with Gasteiger partial charge >= 0.3 is 0 Å². The summed E-state index contributed by atoms with van der Waals surface area (Å²) in [5.41, 5.74) is 6.23. The average molecular weight is 366 g/mol. The number of amides is 2. The maximum absolute atomic E-state index is 13.3. The third kappa shape index (κ3) is 2.13. The Balaban J connectivity index is 1.71. The van der Waals surface area contributed by atoms with Crippen molar-refractivity contribution in [2.24, 2.45) is 5.92 Å². The fourth-order valence-electron chi connectivity index (χ4n) is 4.87. The van der Waals surface area contributed by atoms with Crippen molar-refractivity contribution in [2.45, 2.75) is 18.9 Å². The summed E-state index contributed by atoms with van der Waals surface area (Å²) in [6.07, 6.45) is 1.92. The number of nitro benzene ring substituents is 1. The molecular formula is C19H18N4O4. The zero-order chi connectivity index (χ0) is 18.9. The van der Waals surface area contributed by atoms with Crippen molar-refractivity contribution in [1.82, 2.24) is 9.80 Å². The van der Waals surface area contributed by atoms with Crippen LogP contribution in [0.25, 0.3) is 10.8 Å². The van der Waals surface area contributed by atoms with Crippen molar-refractivity contribution in [3.05, 3.63) is 45.5 Å². The molecule has 4 aliphatic rings. The first kappa shape index (κ1) is 16.2. The smallest absolute Gasteiger partial charge is 0.293 e. The van der Waals surface area contributed by atoms with Gasteiger partial charge in [0.2, 0.25) is 0 Å². The van der Waals surface area contributed by atoms with Crippen LogP contribution < -0.4 is 5.73 Å². The minimum absolute atomic E-state index is 0.0162. The summed E-state index contributed by atoms with van der Waals surface area (Å²) in [4.78, 5) is 41.0. The predicted molar refractivity (Wildman–Crippen MR) is 98.5 cm³/mol. The van der Waals surface area contributed by atoms with E-state index in [-0.39, 0.29) is 34.8 Å². The number of carbonyl (C=O) groups is 2. The van der Waals surface area contributed by atoms with E-state index in [9.17, 15) is 19.7 Å². The quantitative estimate of drug-likeness (QED) is 0.377. The fraction of sp³-hybridized carbons (Fsp3) is 0.368. The van der Waals surface area contributed by atoms with Crippen molar-refractivity contribution < 1.29 is 14.5 Å². The lowest BCUT2D eigenvalue weighted by Crippen LogP contribution is -2.60. The van der Waals surface area contributed by atoms with Crippen LogP contribution in [0.3, 0.4) is 0 Å². The first-order chi connectivity index (χ1) is 13.0. The molecule has 2 N–H and O–H groups in total. The molecule has 8 nitrogen and oxygen atoms in total. The molecule has 6 rings (SSSR count). The molecule has 2 bridgehead atoms. The molecule has 1 atom stereocenters. The van der Waals surface area contributed by atoms with E-state index in [0.717, 1.165) is 25.9 Å². The minimum Gasteiger partial charge on any atom is -0.393 e. The fourth-order valence-corrected chi connectivity index (χ4v) is 4.87. The molecule has 0 unspecified atom stereocenters. The highest BCUT2D eigenvalue weighted by Crippen LogP contribution is 2.41. The topological polar surface area (TPSA) is 110 Å². The molecule has 27 heavy (non-hydrogen) atoms. The van der Waals surface area contributed by atoms with Crippen LogP contribution in [0.2, 0.25) is 0 Å². The number of nitrogen functional groups attached to an aromatic ring is 1. The first-order valence-corrected chi connectivity index (χ1v) is 9.07. The Labute approximate surface area is 154 Å². The van der Waals surface area contributed by atoms with Crippen LogP contribution in [-0.2, 0) is 0 Å². The Hall–Kier alpha value is -3.00. The number of hydrogen-bond acceptors (Lipinski definition) is 6. The average Bonchev–Trinajstić information content (AvgIpc) is 2.68. The Morgan fingerprint density at radius 3 is 2.44 bits per heavy atom. The van der Waals surface area contributed by atoms with E-state index in [2.05, 4.69) is 4.90 Å². The van der Waals surface area contributed by atoms with Crippen molar-refractivity contribution in [3.8, 4) is 0 Å². The maximum atomic E-state index is 13.3. The van der Waals surface area contributed by atoms with Gasteiger partial charge in [0.1, 0.15) is 5.69 Å². The summed E-state index contributed by atoms with van der Waals surface area (Å²) in [5, 5.41) is 12.2. The van der Waals surface area contributed by atoms with E-state index in [1.54, 1.807) is 18.2 Å². The number of carbonyl (C=O) groups excluding carboxylic acids is 2. The third-order valence-corrected chi connectivity index (χ3v) is 6.23. The predicted octanol–water partition coefficient (Wildman–Crippen LogP) is 2.02. The SMILES string of the molecule is Nc1c([N+](=O)[O-])cc2c3c(cccc13)C(=O)N([C@@H]1CN3CCC1CC3)C2=O. The Morgan fingerprint density at radius 2 is 1.81 bits per heavy atom. The second-order valence-corrected chi connectivity index (χ2v) is 7.53. The second kappa shape index (κ2) is 5.50. The van der Waals surface area contributed by atoms with Gasteiger partial charge in [-0.2, -0.15) is 0 Å². The number of nitro groups is 1. The van der Waals surface area contributed by atoms with Gasteiger partial charge in [-0.3, -0.25) is 24.6 Å². The monoisotopic (exact) mass is 366 g/mol. The Bertz CT molecular complexity index is 1030. The van der Waals surface area contributed by atoms with Crippen LogP contribution in [0.15, 0.2) is 24.3 Å². The zero-order valence-corrected chi connectivity index (χ0v) is 14.6. The first-order valence-electron chi connectivity index (χ1n) is 9.07. The third-order valence-electron chi connectivity index (χ3n) is 6.23. The number of benzene rings is 2. The molecule has 0 aromatic heterocycles. The second-order valence-electron chi connectivity index (χ2n) is 7.53. The van der Waals surface area contributed by atoms with Crippen LogP contribution in [0.4, 0.5) is 11.4 Å². The van der Waals surface area contributed by atoms with Crippen LogP contribution in [0.5, 0.6) is 0 Å². The molecule has 8 heteroatoms. The number of fused-ring (bicyclic) bond motifs is 3. The summed E-state index contributed by atoms with van der Waals surface area (Å²) in [5.74, 6) is -0.497. The van der Waals surface area contributed by atoms with Gasteiger partial charge in [-0.25, -0.2) is 0 Å². The summed E-state index contributed by atoms with van der Waals surface area (Å²) in [6, 6.07) is 5.98. The van der Waals surface area contributed by atoms with Gasteiger partial charge in [0.15, 0.2) is 0 Å². The van der Waals surface area contributed by atoms with Crippen LogP contribution >= 0.6 is 0 Å². The Morgan fingerprint density at radius 1 is 1.11 bits per heavy atom. The van der Waals surface area contributed by atoms with Gasteiger partial charge < -0.3 is 10.6 Å². The molecule has 0 saturated carbocycles. The number of hydrogen-bond donors (Lipinski definition) is 1. The molecule has 2 amide bonds. The van der Waals surface area contributed by atoms with Crippen molar-refractivity contribution in [1.29, 1.82) is 0 Å². The van der Waals surface area contributed by atoms with Crippen LogP contribution in [0, 0.1) is 16.0 Å². The van der Waals surface area contributed by atoms with E-state index < -0.39 is 10.8 Å². The summed E-state index contributed by atoms with van der Waals surface area (Å²) >= 11 is 0. The molecular weight excluding hydrogens is 348 g/mol. The molecule has 2 aromatic carbocycles. The normalized spacial score (nSPS) is 26.7. The van der Waals surface area contributed by atoms with E-state index in [0.29, 0.717) is 22.9 Å².